The summed E-state index contributed by atoms with van der Waals surface area (Å²) in [6.07, 6.45) is 0. The van der Waals surface area contributed by atoms with Crippen molar-refractivity contribution in [2.45, 2.75) is 10.8 Å². The number of alkyl halides is 1. The van der Waals surface area contributed by atoms with Crippen molar-refractivity contribution in [2.75, 3.05) is 11.9 Å². The van der Waals surface area contributed by atoms with E-state index in [0.29, 0.717) is 3.92 Å². The maximum absolute atomic E-state index is 10.8. The van der Waals surface area contributed by atoms with Gasteiger partial charge in [0.05, 0.1) is 10.6 Å². The van der Waals surface area contributed by atoms with E-state index < -0.39 is 5.97 Å². The molecule has 0 bridgehead atoms. The number of hydrogen-bond donors (Lipinski definition) is 2. The fourth-order valence-corrected chi connectivity index (χ4v) is 1.48. The van der Waals surface area contributed by atoms with E-state index in [1.54, 1.807) is 18.2 Å². The number of nitrogens with one attached hydrogen (secondary N) is 1. The molecule has 15 heavy (non-hydrogen) atoms. The third-order valence-electron chi connectivity index (χ3n) is 1.78. The summed E-state index contributed by atoms with van der Waals surface area (Å²) in [5.41, 5.74) is 0.906. The molecule has 0 radical (unpaired) electrons. The van der Waals surface area contributed by atoms with Gasteiger partial charge < -0.3 is 10.4 Å². The Balaban J connectivity index is 2.83. The Morgan fingerprint density at radius 2 is 2.33 bits per heavy atom. The van der Waals surface area contributed by atoms with Crippen LogP contribution < -0.4 is 5.32 Å². The number of aromatic carboxylic acids is 1. The first-order valence-corrected chi connectivity index (χ1v) is 6.04. The Morgan fingerprint density at radius 3 is 2.87 bits per heavy atom. The standard InChI is InChI=1S/C10H11ClINO2/c1-6(12)5-13-7-2-3-9(11)8(4-7)10(14)15/h2-4,6,13H,5H2,1H3,(H,14,15)/t6-/m0/s1. The van der Waals surface area contributed by atoms with Crippen molar-refractivity contribution in [3.63, 3.8) is 0 Å². The van der Waals surface area contributed by atoms with Crippen LogP contribution in [0.25, 0.3) is 0 Å². The van der Waals surface area contributed by atoms with Crippen molar-refractivity contribution in [3.8, 4) is 0 Å². The van der Waals surface area contributed by atoms with Gasteiger partial charge in [0.2, 0.25) is 0 Å². The molecule has 0 heterocycles. The maximum Gasteiger partial charge on any atom is 0.337 e. The molecule has 0 saturated carbocycles. The monoisotopic (exact) mass is 339 g/mol. The number of benzene rings is 1. The van der Waals surface area contributed by atoms with Gasteiger partial charge in [-0.2, -0.15) is 0 Å². The molecule has 0 aliphatic carbocycles. The summed E-state index contributed by atoms with van der Waals surface area (Å²) in [6, 6.07) is 4.91. The second-order valence-corrected chi connectivity index (χ2v) is 5.70. The van der Waals surface area contributed by atoms with E-state index in [2.05, 4.69) is 34.8 Å². The van der Waals surface area contributed by atoms with E-state index >= 15 is 0 Å². The van der Waals surface area contributed by atoms with E-state index in [4.69, 9.17) is 16.7 Å². The predicted molar refractivity (Wildman–Crippen MR) is 70.4 cm³/mol. The molecule has 1 aromatic rings. The van der Waals surface area contributed by atoms with E-state index in [9.17, 15) is 4.79 Å². The molecule has 0 spiro atoms. The molecule has 0 fully saturated rings. The Kier molecular flexibility index (Phi) is 4.66. The van der Waals surface area contributed by atoms with E-state index in [1.807, 2.05) is 0 Å². The summed E-state index contributed by atoms with van der Waals surface area (Å²) in [4.78, 5) is 10.8. The van der Waals surface area contributed by atoms with Gasteiger partial charge >= 0.3 is 5.97 Å². The molecule has 82 valence electrons. The molecular formula is C10H11ClINO2. The lowest BCUT2D eigenvalue weighted by atomic mass is 10.2. The fourth-order valence-electron chi connectivity index (χ4n) is 1.06. The van der Waals surface area contributed by atoms with E-state index in [0.717, 1.165) is 12.2 Å². The zero-order valence-corrected chi connectivity index (χ0v) is 11.0. The van der Waals surface area contributed by atoms with Crippen molar-refractivity contribution < 1.29 is 9.90 Å². The summed E-state index contributed by atoms with van der Waals surface area (Å²) in [6.45, 7) is 2.86. The van der Waals surface area contributed by atoms with Crippen LogP contribution in [0.15, 0.2) is 18.2 Å². The highest BCUT2D eigenvalue weighted by molar-refractivity contribution is 14.1. The van der Waals surface area contributed by atoms with Crippen LogP contribution in [0, 0.1) is 0 Å². The van der Waals surface area contributed by atoms with Gasteiger partial charge in [-0.05, 0) is 18.2 Å². The first kappa shape index (κ1) is 12.6. The summed E-state index contributed by atoms with van der Waals surface area (Å²) in [5.74, 6) is -1.01. The lowest BCUT2D eigenvalue weighted by Gasteiger charge is -2.09. The van der Waals surface area contributed by atoms with Crippen LogP contribution in [0.2, 0.25) is 5.02 Å². The first-order valence-electron chi connectivity index (χ1n) is 4.41. The highest BCUT2D eigenvalue weighted by atomic mass is 127. The first-order chi connectivity index (χ1) is 7.00. The lowest BCUT2D eigenvalue weighted by molar-refractivity contribution is 0.0697. The molecule has 0 aliphatic heterocycles. The summed E-state index contributed by atoms with van der Waals surface area (Å²) in [5, 5.41) is 12.3. The zero-order chi connectivity index (χ0) is 11.4. The minimum Gasteiger partial charge on any atom is -0.478 e. The van der Waals surface area contributed by atoms with Gasteiger partial charge in [-0.15, -0.1) is 0 Å². The molecule has 0 aromatic heterocycles. The smallest absolute Gasteiger partial charge is 0.337 e. The molecule has 0 amide bonds. The Morgan fingerprint density at radius 1 is 1.67 bits per heavy atom. The minimum absolute atomic E-state index is 0.128. The summed E-state index contributed by atoms with van der Waals surface area (Å²) >= 11 is 8.04. The van der Waals surface area contributed by atoms with Gasteiger partial charge in [0, 0.05) is 16.2 Å². The second-order valence-electron chi connectivity index (χ2n) is 3.16. The average Bonchev–Trinajstić information content (AvgIpc) is 2.16. The highest BCUT2D eigenvalue weighted by Crippen LogP contribution is 2.20. The topological polar surface area (TPSA) is 49.3 Å². The molecule has 2 N–H and O–H groups in total. The average molecular weight is 340 g/mol. The van der Waals surface area contributed by atoms with Crippen molar-refractivity contribution in [1.29, 1.82) is 0 Å². The molecule has 1 rings (SSSR count). The minimum atomic E-state index is -1.01. The molecule has 0 aliphatic rings. The van der Waals surface area contributed by atoms with Crippen molar-refractivity contribution in [3.05, 3.63) is 28.8 Å². The number of anilines is 1. The largest absolute Gasteiger partial charge is 0.478 e. The van der Waals surface area contributed by atoms with Crippen LogP contribution >= 0.6 is 34.2 Å². The van der Waals surface area contributed by atoms with Gasteiger partial charge in [-0.25, -0.2) is 4.79 Å². The summed E-state index contributed by atoms with van der Waals surface area (Å²) in [7, 11) is 0. The Labute approximate surface area is 107 Å². The van der Waals surface area contributed by atoms with Crippen LogP contribution in [0.3, 0.4) is 0 Å². The van der Waals surface area contributed by atoms with Crippen molar-refractivity contribution >= 4 is 45.8 Å². The number of carboxylic acids is 1. The maximum atomic E-state index is 10.8. The van der Waals surface area contributed by atoms with E-state index in [-0.39, 0.29) is 10.6 Å². The van der Waals surface area contributed by atoms with Gasteiger partial charge in [0.1, 0.15) is 0 Å². The van der Waals surface area contributed by atoms with Crippen LogP contribution in [-0.2, 0) is 0 Å². The van der Waals surface area contributed by atoms with Gasteiger partial charge in [-0.1, -0.05) is 41.1 Å². The number of hydrogen-bond acceptors (Lipinski definition) is 2. The predicted octanol–water partition coefficient (Wildman–Crippen LogP) is 3.27. The number of rotatable bonds is 4. The molecule has 5 heteroatoms. The fraction of sp³-hybridized carbons (Fsp3) is 0.300. The summed E-state index contributed by atoms with van der Waals surface area (Å²) < 4.78 is 0.478. The molecule has 3 nitrogen and oxygen atoms in total. The van der Waals surface area contributed by atoms with Gasteiger partial charge in [0.25, 0.3) is 0 Å². The van der Waals surface area contributed by atoms with Crippen molar-refractivity contribution in [2.24, 2.45) is 0 Å². The highest BCUT2D eigenvalue weighted by Gasteiger charge is 2.09. The Hall–Kier alpha value is -0.490. The zero-order valence-electron chi connectivity index (χ0n) is 8.13. The normalized spacial score (nSPS) is 12.2. The SMILES string of the molecule is C[C@H](I)CNc1ccc(Cl)c(C(=O)O)c1. The van der Waals surface area contributed by atoms with Crippen molar-refractivity contribution in [1.82, 2.24) is 0 Å². The van der Waals surface area contributed by atoms with E-state index in [1.165, 1.54) is 0 Å². The lowest BCUT2D eigenvalue weighted by Crippen LogP contribution is -2.10. The Bertz CT molecular complexity index is 368. The molecular weight excluding hydrogens is 328 g/mol. The quantitative estimate of drug-likeness (QED) is 0.654. The molecule has 0 saturated heterocycles. The van der Waals surface area contributed by atoms with Gasteiger partial charge in [-0.3, -0.25) is 0 Å². The molecule has 0 unspecified atom stereocenters. The van der Waals surface area contributed by atoms with Crippen LogP contribution in [0.5, 0.6) is 0 Å². The third kappa shape index (κ3) is 3.87. The van der Waals surface area contributed by atoms with Gasteiger partial charge in [0.15, 0.2) is 0 Å². The second kappa shape index (κ2) is 5.55. The number of carbonyl (C=O) groups is 1. The molecule has 1 aromatic carbocycles. The third-order valence-corrected chi connectivity index (χ3v) is 2.55. The number of carboxylic acid groups (broad SMARTS) is 1. The number of halogens is 2. The van der Waals surface area contributed by atoms with Crippen LogP contribution in [0.4, 0.5) is 5.69 Å². The van der Waals surface area contributed by atoms with Crippen LogP contribution in [0.1, 0.15) is 17.3 Å². The van der Waals surface area contributed by atoms with Crippen LogP contribution in [-0.4, -0.2) is 21.5 Å². The molecule has 1 atom stereocenters.